The molecule has 1 heterocycles. The van der Waals surface area contributed by atoms with Crippen LogP contribution in [0, 0.1) is 6.92 Å². The Kier molecular flexibility index (Phi) is 4.22. The predicted octanol–water partition coefficient (Wildman–Crippen LogP) is 4.39. The Balaban J connectivity index is 2.22. The Morgan fingerprint density at radius 3 is 2.52 bits per heavy atom. The fourth-order valence-corrected chi connectivity index (χ4v) is 2.68. The summed E-state index contributed by atoms with van der Waals surface area (Å²) in [4.78, 5) is 13.1. The number of carboxylic acid groups (broad SMARTS) is 1. The predicted molar refractivity (Wildman–Crippen MR) is 74.8 cm³/mol. The summed E-state index contributed by atoms with van der Waals surface area (Å²) in [6, 6.07) is 6.87. The van der Waals surface area contributed by atoms with Crippen molar-refractivity contribution in [2.75, 3.05) is 5.32 Å². The Morgan fingerprint density at radius 1 is 1.29 bits per heavy atom. The van der Waals surface area contributed by atoms with Crippen molar-refractivity contribution in [3.8, 4) is 0 Å². The van der Waals surface area contributed by atoms with Crippen molar-refractivity contribution in [1.82, 2.24) is 0 Å². The summed E-state index contributed by atoms with van der Waals surface area (Å²) in [6.07, 6.45) is -4.68. The molecule has 0 saturated heterocycles. The standard InChI is InChI=1S/C14H12F3NO2S/c1-8-2-4-10(21-8)7-18-9-3-5-12(14(15,16)17)11(6-9)13(19)20/h2-6,18H,7H2,1H3,(H,19,20). The number of halogens is 3. The number of hydrogen-bond donors (Lipinski definition) is 2. The molecule has 7 heteroatoms. The summed E-state index contributed by atoms with van der Waals surface area (Å²) in [5, 5.41) is 11.8. The van der Waals surface area contributed by atoms with Crippen LogP contribution in [-0.2, 0) is 12.7 Å². The molecular formula is C14H12F3NO2S. The largest absolute Gasteiger partial charge is 0.478 e. The van der Waals surface area contributed by atoms with Crippen molar-refractivity contribution >= 4 is 23.0 Å². The molecule has 21 heavy (non-hydrogen) atoms. The highest BCUT2D eigenvalue weighted by Gasteiger charge is 2.35. The zero-order valence-electron chi connectivity index (χ0n) is 11.0. The van der Waals surface area contributed by atoms with Gasteiger partial charge in [-0.1, -0.05) is 0 Å². The van der Waals surface area contributed by atoms with Crippen LogP contribution < -0.4 is 5.32 Å². The Morgan fingerprint density at radius 2 is 2.00 bits per heavy atom. The van der Waals surface area contributed by atoms with Gasteiger partial charge in [-0.25, -0.2) is 4.79 Å². The Bertz CT molecular complexity index is 664. The minimum absolute atomic E-state index is 0.339. The zero-order chi connectivity index (χ0) is 15.6. The van der Waals surface area contributed by atoms with Gasteiger partial charge in [-0.15, -0.1) is 11.3 Å². The van der Waals surface area contributed by atoms with Crippen molar-refractivity contribution in [2.45, 2.75) is 19.6 Å². The maximum atomic E-state index is 12.7. The monoisotopic (exact) mass is 315 g/mol. The number of aromatic carboxylic acids is 1. The molecule has 0 amide bonds. The molecule has 1 aromatic heterocycles. The van der Waals surface area contributed by atoms with E-state index in [1.165, 1.54) is 6.07 Å². The van der Waals surface area contributed by atoms with Crippen LogP contribution in [0.4, 0.5) is 18.9 Å². The van der Waals surface area contributed by atoms with Crippen LogP contribution in [0.25, 0.3) is 0 Å². The number of carbonyl (C=O) groups is 1. The molecule has 2 N–H and O–H groups in total. The van der Waals surface area contributed by atoms with E-state index >= 15 is 0 Å². The second kappa shape index (κ2) is 5.77. The SMILES string of the molecule is Cc1ccc(CNc2ccc(C(F)(F)F)c(C(=O)O)c2)s1. The molecule has 1 aromatic carbocycles. The van der Waals surface area contributed by atoms with E-state index in [0.29, 0.717) is 12.2 Å². The highest BCUT2D eigenvalue weighted by atomic mass is 32.1. The van der Waals surface area contributed by atoms with Crippen LogP contribution in [0.3, 0.4) is 0 Å². The first-order valence-corrected chi connectivity index (χ1v) is 6.83. The van der Waals surface area contributed by atoms with E-state index < -0.39 is 23.3 Å². The molecule has 0 bridgehead atoms. The van der Waals surface area contributed by atoms with E-state index in [2.05, 4.69) is 5.32 Å². The highest BCUT2D eigenvalue weighted by Crippen LogP contribution is 2.33. The van der Waals surface area contributed by atoms with E-state index in [0.717, 1.165) is 21.9 Å². The van der Waals surface area contributed by atoms with Gasteiger partial charge in [-0.3, -0.25) is 0 Å². The molecule has 0 aliphatic rings. The average molecular weight is 315 g/mol. The molecular weight excluding hydrogens is 303 g/mol. The van der Waals surface area contributed by atoms with Crippen LogP contribution in [0.1, 0.15) is 25.7 Å². The molecule has 0 aliphatic heterocycles. The molecule has 0 aliphatic carbocycles. The number of nitrogens with one attached hydrogen (secondary N) is 1. The lowest BCUT2D eigenvalue weighted by Crippen LogP contribution is -2.13. The van der Waals surface area contributed by atoms with Crippen LogP contribution in [0.2, 0.25) is 0 Å². The second-order valence-corrected chi connectivity index (χ2v) is 5.80. The number of alkyl halides is 3. The van der Waals surface area contributed by atoms with Gasteiger partial charge in [-0.2, -0.15) is 13.2 Å². The number of thiophene rings is 1. The first kappa shape index (κ1) is 15.4. The molecule has 0 atom stereocenters. The number of benzene rings is 1. The first-order valence-electron chi connectivity index (χ1n) is 6.01. The van der Waals surface area contributed by atoms with Gasteiger partial charge in [0.15, 0.2) is 0 Å². The quantitative estimate of drug-likeness (QED) is 0.880. The van der Waals surface area contributed by atoms with E-state index in [1.54, 1.807) is 11.3 Å². The summed E-state index contributed by atoms with van der Waals surface area (Å²) in [7, 11) is 0. The van der Waals surface area contributed by atoms with Crippen molar-refractivity contribution in [3.63, 3.8) is 0 Å². The molecule has 0 fully saturated rings. The molecule has 112 valence electrons. The number of hydrogen-bond acceptors (Lipinski definition) is 3. The van der Waals surface area contributed by atoms with E-state index in [1.807, 2.05) is 19.1 Å². The number of anilines is 1. The second-order valence-electron chi connectivity index (χ2n) is 4.43. The Labute approximate surface area is 123 Å². The van der Waals surface area contributed by atoms with Crippen molar-refractivity contribution in [2.24, 2.45) is 0 Å². The van der Waals surface area contributed by atoms with Crippen LogP contribution >= 0.6 is 11.3 Å². The number of rotatable bonds is 4. The first-order chi connectivity index (χ1) is 9.77. The number of aryl methyl sites for hydroxylation is 1. The minimum Gasteiger partial charge on any atom is -0.478 e. The summed E-state index contributed by atoms with van der Waals surface area (Å²) in [6.45, 7) is 2.39. The van der Waals surface area contributed by atoms with E-state index in [4.69, 9.17) is 5.11 Å². The molecule has 0 spiro atoms. The average Bonchev–Trinajstić information content (AvgIpc) is 2.80. The van der Waals surface area contributed by atoms with Crippen molar-refractivity contribution < 1.29 is 23.1 Å². The molecule has 2 rings (SSSR count). The van der Waals surface area contributed by atoms with Gasteiger partial charge >= 0.3 is 12.1 Å². The molecule has 0 saturated carbocycles. The molecule has 2 aromatic rings. The van der Waals surface area contributed by atoms with Crippen molar-refractivity contribution in [3.05, 3.63) is 51.2 Å². The fourth-order valence-electron chi connectivity index (χ4n) is 1.85. The lowest BCUT2D eigenvalue weighted by Gasteiger charge is -2.12. The third-order valence-electron chi connectivity index (χ3n) is 2.82. The lowest BCUT2D eigenvalue weighted by molar-refractivity contribution is -0.138. The third-order valence-corrected chi connectivity index (χ3v) is 3.82. The van der Waals surface area contributed by atoms with E-state index in [9.17, 15) is 18.0 Å². The topological polar surface area (TPSA) is 49.3 Å². The summed E-state index contributed by atoms with van der Waals surface area (Å²) in [5.41, 5.74) is -1.56. The van der Waals surface area contributed by atoms with Crippen LogP contribution in [-0.4, -0.2) is 11.1 Å². The van der Waals surface area contributed by atoms with Gasteiger partial charge in [-0.05, 0) is 37.3 Å². The van der Waals surface area contributed by atoms with Gasteiger partial charge in [0.05, 0.1) is 11.1 Å². The van der Waals surface area contributed by atoms with Crippen molar-refractivity contribution in [1.29, 1.82) is 0 Å². The smallest absolute Gasteiger partial charge is 0.417 e. The summed E-state index contributed by atoms with van der Waals surface area (Å²) in [5.74, 6) is -1.60. The summed E-state index contributed by atoms with van der Waals surface area (Å²) >= 11 is 1.57. The lowest BCUT2D eigenvalue weighted by atomic mass is 10.1. The molecule has 0 radical (unpaired) electrons. The van der Waals surface area contributed by atoms with Gasteiger partial charge in [0.1, 0.15) is 0 Å². The highest BCUT2D eigenvalue weighted by molar-refractivity contribution is 7.11. The van der Waals surface area contributed by atoms with Gasteiger partial charge < -0.3 is 10.4 Å². The number of carboxylic acids is 1. The van der Waals surface area contributed by atoms with Gasteiger partial charge in [0, 0.05) is 22.0 Å². The minimum atomic E-state index is -4.68. The molecule has 3 nitrogen and oxygen atoms in total. The fraction of sp³-hybridized carbons (Fsp3) is 0.214. The Hall–Kier alpha value is -2.02. The van der Waals surface area contributed by atoms with E-state index in [-0.39, 0.29) is 0 Å². The zero-order valence-corrected chi connectivity index (χ0v) is 11.8. The molecule has 0 unspecified atom stereocenters. The van der Waals surface area contributed by atoms with Gasteiger partial charge in [0.25, 0.3) is 0 Å². The summed E-state index contributed by atoms with van der Waals surface area (Å²) < 4.78 is 38.1. The third kappa shape index (κ3) is 3.75. The normalized spacial score (nSPS) is 11.4. The maximum Gasteiger partial charge on any atom is 0.417 e. The van der Waals surface area contributed by atoms with Crippen LogP contribution in [0.5, 0.6) is 0 Å². The van der Waals surface area contributed by atoms with Crippen LogP contribution in [0.15, 0.2) is 30.3 Å². The maximum absolute atomic E-state index is 12.7. The van der Waals surface area contributed by atoms with Gasteiger partial charge in [0.2, 0.25) is 0 Å².